The topological polar surface area (TPSA) is 77.1 Å². The van der Waals surface area contributed by atoms with Gasteiger partial charge >= 0.3 is 6.03 Å². The Morgan fingerprint density at radius 3 is 2.78 bits per heavy atom. The van der Waals surface area contributed by atoms with Crippen LogP contribution in [0.5, 0.6) is 11.5 Å². The fourth-order valence-corrected chi connectivity index (χ4v) is 4.56. The van der Waals surface area contributed by atoms with Crippen molar-refractivity contribution in [2.75, 3.05) is 19.8 Å². The molecule has 3 amide bonds. The molecule has 4 aliphatic rings. The lowest BCUT2D eigenvalue weighted by molar-refractivity contribution is -0.135. The summed E-state index contributed by atoms with van der Waals surface area (Å²) in [4.78, 5) is 26.5. The molecule has 1 aromatic carbocycles. The van der Waals surface area contributed by atoms with Gasteiger partial charge in [-0.2, -0.15) is 0 Å². The summed E-state index contributed by atoms with van der Waals surface area (Å²) in [5.74, 6) is 1.57. The van der Waals surface area contributed by atoms with E-state index in [1.807, 2.05) is 18.2 Å². The highest BCUT2D eigenvalue weighted by atomic mass is 16.5. The van der Waals surface area contributed by atoms with Crippen molar-refractivity contribution in [2.24, 2.45) is 0 Å². The van der Waals surface area contributed by atoms with Gasteiger partial charge in [-0.1, -0.05) is 19.9 Å². The van der Waals surface area contributed by atoms with E-state index >= 15 is 0 Å². The number of rotatable bonds is 3. The number of amides is 3. The predicted molar refractivity (Wildman–Crippen MR) is 95.9 cm³/mol. The fraction of sp³-hybridized carbons (Fsp3) is 0.600. The molecule has 144 valence electrons. The number of benzene rings is 1. The Balaban J connectivity index is 1.27. The molecule has 1 aliphatic carbocycles. The lowest BCUT2D eigenvalue weighted by Gasteiger charge is -2.40. The third-order valence-electron chi connectivity index (χ3n) is 6.20. The van der Waals surface area contributed by atoms with Crippen molar-refractivity contribution in [3.8, 4) is 11.5 Å². The summed E-state index contributed by atoms with van der Waals surface area (Å²) >= 11 is 0. The van der Waals surface area contributed by atoms with Gasteiger partial charge in [-0.3, -0.25) is 9.69 Å². The average Bonchev–Trinajstić information content (AvgIpc) is 3.24. The van der Waals surface area contributed by atoms with Crippen LogP contribution >= 0.6 is 0 Å². The largest absolute Gasteiger partial charge is 0.492 e. The van der Waals surface area contributed by atoms with E-state index in [1.165, 1.54) is 4.90 Å². The number of carbonyl (C=O) groups excluding carboxylic acids is 2. The van der Waals surface area contributed by atoms with Crippen molar-refractivity contribution in [2.45, 2.75) is 56.2 Å². The Bertz CT molecular complexity index is 809. The molecule has 0 bridgehead atoms. The molecule has 7 nitrogen and oxygen atoms in total. The van der Waals surface area contributed by atoms with Crippen LogP contribution in [0.25, 0.3) is 0 Å². The molecule has 1 atom stereocenters. The summed E-state index contributed by atoms with van der Waals surface area (Å²) in [6.07, 6.45) is 1.85. The van der Waals surface area contributed by atoms with E-state index in [-0.39, 0.29) is 36.1 Å². The second kappa shape index (κ2) is 5.61. The number of urea groups is 1. The van der Waals surface area contributed by atoms with Gasteiger partial charge in [-0.05, 0) is 12.1 Å². The van der Waals surface area contributed by atoms with Gasteiger partial charge < -0.3 is 19.5 Å². The molecule has 3 heterocycles. The molecule has 27 heavy (non-hydrogen) atoms. The molecular weight excluding hydrogens is 348 g/mol. The van der Waals surface area contributed by atoms with E-state index in [4.69, 9.17) is 14.2 Å². The maximum atomic E-state index is 12.8. The Morgan fingerprint density at radius 1 is 1.22 bits per heavy atom. The number of carbonyl (C=O) groups is 2. The lowest BCUT2D eigenvalue weighted by atomic mass is 9.85. The Labute approximate surface area is 157 Å². The van der Waals surface area contributed by atoms with Crippen molar-refractivity contribution in [3.05, 3.63) is 23.8 Å². The van der Waals surface area contributed by atoms with Gasteiger partial charge in [-0.15, -0.1) is 0 Å². The molecule has 1 N–H and O–H groups in total. The van der Waals surface area contributed by atoms with Crippen LogP contribution in [-0.2, 0) is 14.9 Å². The SMILES string of the molecule is CC1(C)COc2cccc(OC3CC(N4C(=O)N[C@@]5(CCOC5)C4=O)C3)c21. The highest BCUT2D eigenvalue weighted by molar-refractivity contribution is 6.07. The number of nitrogens with zero attached hydrogens (tertiary/aromatic N) is 1. The van der Waals surface area contributed by atoms with E-state index < -0.39 is 5.54 Å². The minimum Gasteiger partial charge on any atom is -0.492 e. The smallest absolute Gasteiger partial charge is 0.325 e. The molecular formula is C20H24N2O5. The molecule has 3 aliphatic heterocycles. The molecule has 0 radical (unpaired) electrons. The fourth-order valence-electron chi connectivity index (χ4n) is 4.56. The number of hydrogen-bond donors (Lipinski definition) is 1. The van der Waals surface area contributed by atoms with Crippen molar-refractivity contribution in [1.29, 1.82) is 0 Å². The van der Waals surface area contributed by atoms with Crippen molar-refractivity contribution in [1.82, 2.24) is 10.2 Å². The van der Waals surface area contributed by atoms with Gasteiger partial charge in [0, 0.05) is 42.9 Å². The number of hydrogen-bond acceptors (Lipinski definition) is 5. The summed E-state index contributed by atoms with van der Waals surface area (Å²) in [5.41, 5.74) is 0.171. The van der Waals surface area contributed by atoms with Crippen LogP contribution in [0.3, 0.4) is 0 Å². The first-order valence-electron chi connectivity index (χ1n) is 9.56. The van der Waals surface area contributed by atoms with E-state index in [0.29, 0.717) is 32.5 Å². The standard InChI is InChI=1S/C20H24N2O5/c1-19(2)10-26-14-4-3-5-15(16(14)19)27-13-8-12(9-13)22-17(23)20(21-18(22)24)6-7-25-11-20/h3-5,12-13H,6-11H2,1-2H3,(H,21,24)/t12?,13?,20-/m1/s1. The van der Waals surface area contributed by atoms with Crippen molar-refractivity contribution >= 4 is 11.9 Å². The molecule has 1 saturated carbocycles. The first kappa shape index (κ1) is 16.9. The van der Waals surface area contributed by atoms with Crippen LogP contribution < -0.4 is 14.8 Å². The van der Waals surface area contributed by atoms with Crippen LogP contribution in [-0.4, -0.2) is 54.3 Å². The highest BCUT2D eigenvalue weighted by Gasteiger charge is 2.57. The van der Waals surface area contributed by atoms with Crippen LogP contribution in [0.4, 0.5) is 4.79 Å². The Hall–Kier alpha value is -2.28. The second-order valence-corrected chi connectivity index (χ2v) is 8.66. The zero-order valence-electron chi connectivity index (χ0n) is 15.6. The molecule has 5 rings (SSSR count). The number of fused-ring (bicyclic) bond motifs is 1. The maximum absolute atomic E-state index is 12.8. The highest BCUT2D eigenvalue weighted by Crippen LogP contribution is 2.45. The molecule has 0 aromatic heterocycles. The molecule has 0 unspecified atom stereocenters. The van der Waals surface area contributed by atoms with Crippen LogP contribution in [0.15, 0.2) is 18.2 Å². The summed E-state index contributed by atoms with van der Waals surface area (Å²) < 4.78 is 17.3. The van der Waals surface area contributed by atoms with E-state index in [1.54, 1.807) is 0 Å². The zero-order chi connectivity index (χ0) is 18.8. The van der Waals surface area contributed by atoms with Crippen LogP contribution in [0.2, 0.25) is 0 Å². The first-order chi connectivity index (χ1) is 12.9. The van der Waals surface area contributed by atoms with Gasteiger partial charge in [0.2, 0.25) is 0 Å². The molecule has 3 fully saturated rings. The molecule has 7 heteroatoms. The minimum absolute atomic E-state index is 0.00474. The monoisotopic (exact) mass is 372 g/mol. The van der Waals surface area contributed by atoms with Gasteiger partial charge in [0.25, 0.3) is 5.91 Å². The summed E-state index contributed by atoms with van der Waals surface area (Å²) in [6.45, 7) is 5.71. The zero-order valence-corrected chi connectivity index (χ0v) is 15.6. The normalized spacial score (nSPS) is 33.6. The van der Waals surface area contributed by atoms with Gasteiger partial charge in [0.1, 0.15) is 23.1 Å². The number of imide groups is 1. The third-order valence-corrected chi connectivity index (χ3v) is 6.20. The Kier molecular flexibility index (Phi) is 3.50. The molecule has 1 spiro atoms. The number of nitrogens with one attached hydrogen (secondary N) is 1. The van der Waals surface area contributed by atoms with Crippen LogP contribution in [0, 0.1) is 0 Å². The van der Waals surface area contributed by atoms with Crippen molar-refractivity contribution in [3.63, 3.8) is 0 Å². The van der Waals surface area contributed by atoms with Gasteiger partial charge in [0.05, 0.1) is 13.2 Å². The summed E-state index contributed by atoms with van der Waals surface area (Å²) in [7, 11) is 0. The quantitative estimate of drug-likeness (QED) is 0.821. The lowest BCUT2D eigenvalue weighted by Crippen LogP contribution is -2.53. The summed E-state index contributed by atoms with van der Waals surface area (Å²) in [5, 5.41) is 2.84. The minimum atomic E-state index is -0.843. The Morgan fingerprint density at radius 2 is 2.04 bits per heavy atom. The van der Waals surface area contributed by atoms with Gasteiger partial charge in [-0.25, -0.2) is 4.79 Å². The van der Waals surface area contributed by atoms with E-state index in [2.05, 4.69) is 19.2 Å². The number of ether oxygens (including phenoxy) is 3. The van der Waals surface area contributed by atoms with E-state index in [0.717, 1.165) is 17.1 Å². The van der Waals surface area contributed by atoms with Crippen LogP contribution in [0.1, 0.15) is 38.7 Å². The average molecular weight is 372 g/mol. The first-order valence-corrected chi connectivity index (χ1v) is 9.56. The predicted octanol–water partition coefficient (Wildman–Crippen LogP) is 1.98. The molecule has 1 aromatic rings. The molecule has 2 saturated heterocycles. The maximum Gasteiger partial charge on any atom is 0.325 e. The second-order valence-electron chi connectivity index (χ2n) is 8.66. The summed E-state index contributed by atoms with van der Waals surface area (Å²) in [6, 6.07) is 5.47. The van der Waals surface area contributed by atoms with Gasteiger partial charge in [0.15, 0.2) is 0 Å². The van der Waals surface area contributed by atoms with E-state index in [9.17, 15) is 9.59 Å². The van der Waals surface area contributed by atoms with Crippen molar-refractivity contribution < 1.29 is 23.8 Å². The third kappa shape index (κ3) is 2.44.